The molecule has 1 amide bonds. The SMILES string of the molecule is O=C(C=Cc1cccs1)Nc1nc2c(F)cc(F)cc2s1. The van der Waals surface area contributed by atoms with E-state index in [9.17, 15) is 13.6 Å². The van der Waals surface area contributed by atoms with Crippen LogP contribution in [0.4, 0.5) is 13.9 Å². The summed E-state index contributed by atoms with van der Waals surface area (Å²) < 4.78 is 27.0. The number of benzene rings is 1. The third-order valence-corrected chi connectivity index (χ3v) is 4.34. The van der Waals surface area contributed by atoms with Gasteiger partial charge in [0.05, 0.1) is 4.70 Å². The Morgan fingerprint density at radius 3 is 2.95 bits per heavy atom. The average molecular weight is 322 g/mol. The smallest absolute Gasteiger partial charge is 0.250 e. The van der Waals surface area contributed by atoms with Gasteiger partial charge in [0.1, 0.15) is 11.3 Å². The molecule has 3 nitrogen and oxygen atoms in total. The highest BCUT2D eigenvalue weighted by molar-refractivity contribution is 7.22. The van der Waals surface area contributed by atoms with E-state index >= 15 is 0 Å². The number of halogens is 2. The van der Waals surface area contributed by atoms with Crippen molar-refractivity contribution in [1.82, 2.24) is 4.98 Å². The number of amides is 1. The topological polar surface area (TPSA) is 42.0 Å². The van der Waals surface area contributed by atoms with Gasteiger partial charge in [-0.05, 0) is 23.6 Å². The number of nitrogens with zero attached hydrogens (tertiary/aromatic N) is 1. The van der Waals surface area contributed by atoms with Crippen LogP contribution in [-0.4, -0.2) is 10.9 Å². The number of hydrogen-bond donors (Lipinski definition) is 1. The number of aromatic nitrogens is 1. The summed E-state index contributed by atoms with van der Waals surface area (Å²) in [6.07, 6.45) is 3.04. The Labute approximate surface area is 126 Å². The Morgan fingerprint density at radius 2 is 2.19 bits per heavy atom. The molecule has 3 aromatic rings. The van der Waals surface area contributed by atoms with Crippen molar-refractivity contribution in [3.8, 4) is 0 Å². The normalized spacial score (nSPS) is 11.3. The van der Waals surface area contributed by atoms with Crippen molar-refractivity contribution < 1.29 is 13.6 Å². The lowest BCUT2D eigenvalue weighted by Gasteiger charge is -1.94. The molecule has 0 aliphatic rings. The van der Waals surface area contributed by atoms with Gasteiger partial charge in [-0.15, -0.1) is 11.3 Å². The number of nitrogens with one attached hydrogen (secondary N) is 1. The van der Waals surface area contributed by atoms with Gasteiger partial charge in [0, 0.05) is 17.0 Å². The number of rotatable bonds is 3. The molecule has 0 saturated heterocycles. The molecule has 0 saturated carbocycles. The quantitative estimate of drug-likeness (QED) is 0.731. The maximum atomic E-state index is 13.5. The van der Waals surface area contributed by atoms with Gasteiger partial charge in [-0.1, -0.05) is 17.4 Å². The lowest BCUT2D eigenvalue weighted by molar-refractivity contribution is -0.111. The first-order valence-electron chi connectivity index (χ1n) is 5.90. The number of carbonyl (C=O) groups is 1. The highest BCUT2D eigenvalue weighted by Crippen LogP contribution is 2.28. The molecule has 21 heavy (non-hydrogen) atoms. The van der Waals surface area contributed by atoms with Crippen LogP contribution in [0.2, 0.25) is 0 Å². The Balaban J connectivity index is 1.78. The Hall–Kier alpha value is -2.12. The Morgan fingerprint density at radius 1 is 1.33 bits per heavy atom. The van der Waals surface area contributed by atoms with E-state index in [2.05, 4.69) is 10.3 Å². The molecular weight excluding hydrogens is 314 g/mol. The molecule has 2 heterocycles. The molecule has 1 aromatic carbocycles. The molecule has 0 unspecified atom stereocenters. The van der Waals surface area contributed by atoms with Crippen molar-refractivity contribution in [2.45, 2.75) is 0 Å². The van der Waals surface area contributed by atoms with Crippen LogP contribution in [0, 0.1) is 11.6 Å². The molecule has 0 atom stereocenters. The fourth-order valence-corrected chi connectivity index (χ4v) is 3.23. The van der Waals surface area contributed by atoms with Crippen LogP contribution in [0.3, 0.4) is 0 Å². The molecule has 0 spiro atoms. The van der Waals surface area contributed by atoms with Crippen LogP contribution in [0.5, 0.6) is 0 Å². The minimum absolute atomic E-state index is 0.0546. The maximum absolute atomic E-state index is 13.5. The minimum Gasteiger partial charge on any atom is -0.298 e. The van der Waals surface area contributed by atoms with Gasteiger partial charge in [-0.2, -0.15) is 0 Å². The van der Waals surface area contributed by atoms with Gasteiger partial charge in [-0.25, -0.2) is 13.8 Å². The molecule has 0 aliphatic heterocycles. The van der Waals surface area contributed by atoms with Crippen molar-refractivity contribution in [3.63, 3.8) is 0 Å². The summed E-state index contributed by atoms with van der Waals surface area (Å²) in [5, 5.41) is 4.67. The van der Waals surface area contributed by atoms with E-state index in [0.717, 1.165) is 22.3 Å². The van der Waals surface area contributed by atoms with Crippen molar-refractivity contribution in [2.24, 2.45) is 0 Å². The molecule has 7 heteroatoms. The van der Waals surface area contributed by atoms with Crippen LogP contribution >= 0.6 is 22.7 Å². The summed E-state index contributed by atoms with van der Waals surface area (Å²) in [5.74, 6) is -1.78. The second-order valence-corrected chi connectivity index (χ2v) is 6.10. The van der Waals surface area contributed by atoms with E-state index in [1.54, 1.807) is 6.08 Å². The average Bonchev–Trinajstić information content (AvgIpc) is 3.05. The number of thiophene rings is 1. The second-order valence-electron chi connectivity index (χ2n) is 4.09. The predicted molar refractivity (Wildman–Crippen MR) is 81.5 cm³/mol. The van der Waals surface area contributed by atoms with E-state index in [4.69, 9.17) is 0 Å². The van der Waals surface area contributed by atoms with Crippen LogP contribution in [0.1, 0.15) is 4.88 Å². The first-order chi connectivity index (χ1) is 10.1. The molecular formula is C14H8F2N2OS2. The summed E-state index contributed by atoms with van der Waals surface area (Å²) in [4.78, 5) is 16.6. The van der Waals surface area contributed by atoms with Gasteiger partial charge in [0.25, 0.3) is 0 Å². The molecule has 3 rings (SSSR count). The summed E-state index contributed by atoms with van der Waals surface area (Å²) in [7, 11) is 0. The standard InChI is InChI=1S/C14H8F2N2OS2/c15-8-6-10(16)13-11(7-8)21-14(18-13)17-12(19)4-3-9-2-1-5-20-9/h1-7H,(H,17,18,19). The van der Waals surface area contributed by atoms with Crippen LogP contribution in [0.25, 0.3) is 16.3 Å². The lowest BCUT2D eigenvalue weighted by atomic mass is 10.3. The maximum Gasteiger partial charge on any atom is 0.250 e. The van der Waals surface area contributed by atoms with Crippen molar-refractivity contribution in [1.29, 1.82) is 0 Å². The first-order valence-corrected chi connectivity index (χ1v) is 7.59. The molecule has 0 radical (unpaired) electrons. The number of hydrogen-bond acceptors (Lipinski definition) is 4. The zero-order chi connectivity index (χ0) is 14.8. The summed E-state index contributed by atoms with van der Waals surface area (Å²) in [6, 6.07) is 5.72. The van der Waals surface area contributed by atoms with Crippen LogP contribution < -0.4 is 5.32 Å². The van der Waals surface area contributed by atoms with E-state index in [1.165, 1.54) is 23.5 Å². The number of anilines is 1. The van der Waals surface area contributed by atoms with E-state index in [0.29, 0.717) is 4.70 Å². The monoisotopic (exact) mass is 322 g/mol. The molecule has 0 aliphatic carbocycles. The van der Waals surface area contributed by atoms with Crippen LogP contribution in [0.15, 0.2) is 35.7 Å². The largest absolute Gasteiger partial charge is 0.298 e. The van der Waals surface area contributed by atoms with Gasteiger partial charge in [0.2, 0.25) is 5.91 Å². The number of fused-ring (bicyclic) bond motifs is 1. The highest BCUT2D eigenvalue weighted by Gasteiger charge is 2.11. The zero-order valence-electron chi connectivity index (χ0n) is 10.5. The van der Waals surface area contributed by atoms with Crippen LogP contribution in [-0.2, 0) is 4.79 Å². The number of carbonyl (C=O) groups excluding carboxylic acids is 1. The van der Waals surface area contributed by atoms with Crippen molar-refractivity contribution in [2.75, 3.05) is 5.32 Å². The van der Waals surface area contributed by atoms with Gasteiger partial charge >= 0.3 is 0 Å². The summed E-state index contributed by atoms with van der Waals surface area (Å²) >= 11 is 2.53. The zero-order valence-corrected chi connectivity index (χ0v) is 12.1. The minimum atomic E-state index is -0.740. The summed E-state index contributed by atoms with van der Waals surface area (Å²) in [5.41, 5.74) is 0.0546. The molecule has 0 bridgehead atoms. The fraction of sp³-hybridized carbons (Fsp3) is 0. The van der Waals surface area contributed by atoms with Gasteiger partial charge < -0.3 is 0 Å². The van der Waals surface area contributed by atoms with Crippen molar-refractivity contribution in [3.05, 3.63) is 52.2 Å². The Bertz CT molecular complexity index is 825. The highest BCUT2D eigenvalue weighted by atomic mass is 32.1. The third kappa shape index (κ3) is 3.14. The van der Waals surface area contributed by atoms with E-state index in [1.807, 2.05) is 17.5 Å². The Kier molecular flexibility index (Phi) is 3.76. The van der Waals surface area contributed by atoms with E-state index < -0.39 is 11.6 Å². The van der Waals surface area contributed by atoms with Gasteiger partial charge in [-0.3, -0.25) is 10.1 Å². The van der Waals surface area contributed by atoms with E-state index in [-0.39, 0.29) is 16.6 Å². The fourth-order valence-electron chi connectivity index (χ4n) is 1.70. The first kappa shape index (κ1) is 13.8. The third-order valence-electron chi connectivity index (χ3n) is 2.59. The molecule has 0 fully saturated rings. The van der Waals surface area contributed by atoms with Crippen molar-refractivity contribution >= 4 is 50.0 Å². The molecule has 2 aromatic heterocycles. The predicted octanol–water partition coefficient (Wildman–Crippen LogP) is 4.29. The second kappa shape index (κ2) is 5.71. The van der Waals surface area contributed by atoms with Gasteiger partial charge in [0.15, 0.2) is 10.9 Å². The lowest BCUT2D eigenvalue weighted by Crippen LogP contribution is -2.07. The molecule has 1 N–H and O–H groups in total. The number of thiazole rings is 1. The summed E-state index contributed by atoms with van der Waals surface area (Å²) in [6.45, 7) is 0. The molecule has 106 valence electrons.